The molecule has 2 heteroatoms. The van der Waals surface area contributed by atoms with E-state index in [-0.39, 0.29) is 0 Å². The molecular weight excluding hydrogens is 270 g/mol. The minimum Gasteiger partial charge on any atom is -0.507 e. The zero-order valence-electron chi connectivity index (χ0n) is 13.9. The van der Waals surface area contributed by atoms with Crippen LogP contribution in [0.2, 0.25) is 0 Å². The highest BCUT2D eigenvalue weighted by molar-refractivity contribution is 5.82. The van der Waals surface area contributed by atoms with E-state index in [1.165, 1.54) is 24.8 Å². The Balaban J connectivity index is 2.54. The van der Waals surface area contributed by atoms with Crippen molar-refractivity contribution in [1.82, 2.24) is 0 Å². The number of hydrogen-bond donors (Lipinski definition) is 2. The predicted octanol–water partition coefficient (Wildman–Crippen LogP) is 5.63. The van der Waals surface area contributed by atoms with E-state index in [4.69, 9.17) is 0 Å². The van der Waals surface area contributed by atoms with Gasteiger partial charge in [0.2, 0.25) is 0 Å². The fourth-order valence-electron chi connectivity index (χ4n) is 2.86. The molecule has 118 valence electrons. The molecule has 2 N–H and O–H groups in total. The Kier molecular flexibility index (Phi) is 5.88. The van der Waals surface area contributed by atoms with Crippen molar-refractivity contribution in [2.45, 2.75) is 45.4 Å². The van der Waals surface area contributed by atoms with E-state index in [2.05, 4.69) is 42.6 Å². The zero-order valence-corrected chi connectivity index (χ0v) is 13.9. The van der Waals surface area contributed by atoms with Gasteiger partial charge in [-0.05, 0) is 49.3 Å². The molecule has 0 aliphatic heterocycles. The molecule has 2 nitrogen and oxygen atoms in total. The second-order valence-electron chi connectivity index (χ2n) is 5.80. The Bertz CT molecular complexity index is 592. The summed E-state index contributed by atoms with van der Waals surface area (Å²) in [6.45, 7) is 4.14. The van der Waals surface area contributed by atoms with Crippen LogP contribution in [0, 0.1) is 0 Å². The molecular formula is C20H27NO. The van der Waals surface area contributed by atoms with Crippen molar-refractivity contribution in [3.05, 3.63) is 53.6 Å². The van der Waals surface area contributed by atoms with E-state index < -0.39 is 0 Å². The van der Waals surface area contributed by atoms with Crippen molar-refractivity contribution in [2.75, 3.05) is 12.4 Å². The predicted molar refractivity (Wildman–Crippen MR) is 96.5 cm³/mol. The number of allylic oxidation sites excluding steroid dienone is 6. The molecule has 22 heavy (non-hydrogen) atoms. The second kappa shape index (κ2) is 7.88. The van der Waals surface area contributed by atoms with Gasteiger partial charge >= 0.3 is 0 Å². The summed E-state index contributed by atoms with van der Waals surface area (Å²) in [5.74, 6) is 0.931. The Morgan fingerprint density at radius 3 is 2.68 bits per heavy atom. The lowest BCUT2D eigenvalue weighted by Gasteiger charge is -2.29. The van der Waals surface area contributed by atoms with Gasteiger partial charge in [-0.3, -0.25) is 0 Å². The molecule has 1 fully saturated rings. The summed E-state index contributed by atoms with van der Waals surface area (Å²) in [6, 6.07) is 4.01. The number of rotatable bonds is 6. The van der Waals surface area contributed by atoms with Crippen molar-refractivity contribution in [1.29, 1.82) is 0 Å². The van der Waals surface area contributed by atoms with Gasteiger partial charge in [-0.15, -0.1) is 0 Å². The average molecular weight is 297 g/mol. The summed E-state index contributed by atoms with van der Waals surface area (Å²) in [4.78, 5) is 0. The minimum absolute atomic E-state index is 0.364. The number of aromatic hydroxyl groups is 1. The van der Waals surface area contributed by atoms with Crippen molar-refractivity contribution < 1.29 is 5.11 Å². The van der Waals surface area contributed by atoms with Gasteiger partial charge in [0.25, 0.3) is 0 Å². The van der Waals surface area contributed by atoms with Crippen LogP contribution in [0.4, 0.5) is 5.69 Å². The molecule has 0 aromatic heterocycles. The molecule has 1 aliphatic rings. The number of anilines is 1. The summed E-state index contributed by atoms with van der Waals surface area (Å²) >= 11 is 0. The van der Waals surface area contributed by atoms with Gasteiger partial charge in [0.15, 0.2) is 0 Å². The standard InChI is InChI=1S/C20H27NO/c1-4-6-7-10-16(9-5-2)20-18(15-11-8-12-15)13-17(21-3)14-19(20)22/h5-7,9-10,13-15,21-22H,4,8,11-12H2,1-3H3/b7-6+,9-5-,16-10+. The van der Waals surface area contributed by atoms with Gasteiger partial charge in [0.05, 0.1) is 0 Å². The van der Waals surface area contributed by atoms with Crippen LogP contribution in [0.25, 0.3) is 5.57 Å². The molecule has 2 rings (SSSR count). The number of phenols is 1. The van der Waals surface area contributed by atoms with Crippen LogP contribution in [-0.4, -0.2) is 12.2 Å². The van der Waals surface area contributed by atoms with Crippen molar-refractivity contribution in [3.63, 3.8) is 0 Å². The van der Waals surface area contributed by atoms with E-state index >= 15 is 0 Å². The fraction of sp³-hybridized carbons (Fsp3) is 0.400. The zero-order chi connectivity index (χ0) is 15.9. The Morgan fingerprint density at radius 1 is 1.36 bits per heavy atom. The quantitative estimate of drug-likeness (QED) is 0.667. The largest absolute Gasteiger partial charge is 0.507 e. The summed E-state index contributed by atoms with van der Waals surface area (Å²) in [7, 11) is 1.89. The number of benzene rings is 1. The Morgan fingerprint density at radius 2 is 2.14 bits per heavy atom. The van der Waals surface area contributed by atoms with E-state index in [1.807, 2.05) is 26.1 Å². The van der Waals surface area contributed by atoms with Crippen LogP contribution >= 0.6 is 0 Å². The highest BCUT2D eigenvalue weighted by Crippen LogP contribution is 2.44. The van der Waals surface area contributed by atoms with Crippen molar-refractivity contribution >= 4 is 11.3 Å². The third-order valence-corrected chi connectivity index (χ3v) is 4.26. The second-order valence-corrected chi connectivity index (χ2v) is 5.80. The Labute approximate surface area is 134 Å². The number of nitrogens with one attached hydrogen (secondary N) is 1. The van der Waals surface area contributed by atoms with Crippen LogP contribution in [-0.2, 0) is 0 Å². The van der Waals surface area contributed by atoms with Gasteiger partial charge in [0.1, 0.15) is 5.75 Å². The lowest BCUT2D eigenvalue weighted by atomic mass is 9.76. The lowest BCUT2D eigenvalue weighted by Crippen LogP contribution is -2.11. The topological polar surface area (TPSA) is 32.3 Å². The third kappa shape index (κ3) is 3.62. The molecule has 1 aromatic carbocycles. The summed E-state index contributed by atoms with van der Waals surface area (Å²) in [5.41, 5.74) is 4.31. The highest BCUT2D eigenvalue weighted by atomic mass is 16.3. The van der Waals surface area contributed by atoms with Crippen LogP contribution in [0.1, 0.15) is 56.6 Å². The maximum absolute atomic E-state index is 10.6. The first-order valence-corrected chi connectivity index (χ1v) is 8.25. The molecule has 0 spiro atoms. The molecule has 0 radical (unpaired) electrons. The molecule has 1 aromatic rings. The van der Waals surface area contributed by atoms with Crippen LogP contribution in [0.3, 0.4) is 0 Å². The normalized spacial score (nSPS) is 16.4. The van der Waals surface area contributed by atoms with Gasteiger partial charge in [0, 0.05) is 24.4 Å². The van der Waals surface area contributed by atoms with E-state index in [9.17, 15) is 5.11 Å². The average Bonchev–Trinajstić information content (AvgIpc) is 2.45. The first-order valence-electron chi connectivity index (χ1n) is 8.25. The highest BCUT2D eigenvalue weighted by Gasteiger charge is 2.25. The SMILES string of the molecule is C\C=C/C(=C\C=C\CC)c1c(O)cc(NC)cc1C1CCC1. The maximum Gasteiger partial charge on any atom is 0.125 e. The molecule has 1 aliphatic carbocycles. The van der Waals surface area contributed by atoms with Crippen LogP contribution in [0.5, 0.6) is 5.75 Å². The fourth-order valence-corrected chi connectivity index (χ4v) is 2.86. The van der Waals surface area contributed by atoms with E-state index in [0.717, 1.165) is 23.2 Å². The molecule has 0 saturated heterocycles. The van der Waals surface area contributed by atoms with Crippen LogP contribution < -0.4 is 5.32 Å². The first-order chi connectivity index (χ1) is 10.7. The van der Waals surface area contributed by atoms with Crippen LogP contribution in [0.15, 0.2) is 42.5 Å². The number of phenolic OH excluding ortho intramolecular Hbond substituents is 1. The molecule has 0 atom stereocenters. The molecule has 0 bridgehead atoms. The molecule has 0 heterocycles. The lowest BCUT2D eigenvalue weighted by molar-refractivity contribution is 0.415. The monoisotopic (exact) mass is 297 g/mol. The summed E-state index contributed by atoms with van der Waals surface area (Å²) in [6.07, 6.45) is 15.1. The van der Waals surface area contributed by atoms with Crippen molar-refractivity contribution in [3.8, 4) is 5.75 Å². The minimum atomic E-state index is 0.364. The van der Waals surface area contributed by atoms with E-state index in [1.54, 1.807) is 0 Å². The molecule has 0 amide bonds. The third-order valence-electron chi connectivity index (χ3n) is 4.26. The van der Waals surface area contributed by atoms with E-state index in [0.29, 0.717) is 11.7 Å². The summed E-state index contributed by atoms with van der Waals surface area (Å²) in [5, 5.41) is 13.7. The Hall–Kier alpha value is -1.96. The first kappa shape index (κ1) is 16.4. The van der Waals surface area contributed by atoms with Gasteiger partial charge < -0.3 is 10.4 Å². The van der Waals surface area contributed by atoms with Crippen molar-refractivity contribution in [2.24, 2.45) is 0 Å². The van der Waals surface area contributed by atoms with Gasteiger partial charge in [-0.25, -0.2) is 0 Å². The van der Waals surface area contributed by atoms with Gasteiger partial charge in [-0.2, -0.15) is 0 Å². The molecule has 0 unspecified atom stereocenters. The smallest absolute Gasteiger partial charge is 0.125 e. The maximum atomic E-state index is 10.6. The van der Waals surface area contributed by atoms with Gasteiger partial charge in [-0.1, -0.05) is 43.7 Å². The summed E-state index contributed by atoms with van der Waals surface area (Å²) < 4.78 is 0. The number of hydrogen-bond acceptors (Lipinski definition) is 2. The molecule has 1 saturated carbocycles.